The highest BCUT2D eigenvalue weighted by molar-refractivity contribution is 5.77. The van der Waals surface area contributed by atoms with Crippen LogP contribution in [-0.2, 0) is 0 Å². The fourth-order valence-electron chi connectivity index (χ4n) is 1.72. The minimum absolute atomic E-state index is 0.431. The number of rotatable bonds is 6. The molecular weight excluding hydrogens is 218 g/mol. The van der Waals surface area contributed by atoms with Gasteiger partial charge in [0.05, 0.1) is 6.10 Å². The van der Waals surface area contributed by atoms with Gasteiger partial charge in [0.15, 0.2) is 0 Å². The lowest BCUT2D eigenvalue weighted by Gasteiger charge is -2.19. The lowest BCUT2D eigenvalue weighted by Crippen LogP contribution is -2.24. The zero-order valence-electron chi connectivity index (χ0n) is 10.2. The van der Waals surface area contributed by atoms with Gasteiger partial charge in [0.2, 0.25) is 0 Å². The van der Waals surface area contributed by atoms with E-state index in [1.807, 2.05) is 13.0 Å². The van der Waals surface area contributed by atoms with E-state index < -0.39 is 12.2 Å². The van der Waals surface area contributed by atoms with Gasteiger partial charge in [-0.15, -0.1) is 0 Å². The molecule has 17 heavy (non-hydrogen) atoms. The van der Waals surface area contributed by atoms with E-state index in [2.05, 4.69) is 5.32 Å². The molecule has 2 unspecified atom stereocenters. The Hall–Kier alpha value is -1.23. The molecule has 94 valence electrons. The average molecular weight is 237 g/mol. The van der Waals surface area contributed by atoms with E-state index in [0.717, 1.165) is 5.56 Å². The smallest absolute Gasteiger partial charge is 0.150 e. The number of aliphatic hydroxyl groups is 2. The molecule has 3 N–H and O–H groups in total. The maximum Gasteiger partial charge on any atom is 0.150 e. The molecule has 0 bridgehead atoms. The van der Waals surface area contributed by atoms with Crippen LogP contribution in [0.25, 0.3) is 0 Å². The number of carbonyl (C=O) groups excluding carboxylic acids is 1. The summed E-state index contributed by atoms with van der Waals surface area (Å²) in [4.78, 5) is 10.9. The molecule has 0 fully saturated rings. The van der Waals surface area contributed by atoms with Gasteiger partial charge in [0.1, 0.15) is 12.4 Å². The highest BCUT2D eigenvalue weighted by Gasteiger charge is 2.20. The molecule has 0 saturated heterocycles. The van der Waals surface area contributed by atoms with Crippen molar-refractivity contribution in [3.05, 3.63) is 34.9 Å². The lowest BCUT2D eigenvalue weighted by molar-refractivity contribution is 0.0137. The Kier molecular flexibility index (Phi) is 5.28. The molecule has 0 radical (unpaired) electrons. The normalized spacial score (nSPS) is 14.4. The first-order valence-corrected chi connectivity index (χ1v) is 5.66. The van der Waals surface area contributed by atoms with Crippen LogP contribution in [0, 0.1) is 6.92 Å². The molecule has 0 spiro atoms. The lowest BCUT2D eigenvalue weighted by atomic mass is 9.96. The first-order chi connectivity index (χ1) is 8.10. The Labute approximate surface area is 101 Å². The molecule has 0 amide bonds. The van der Waals surface area contributed by atoms with Gasteiger partial charge in [-0.25, -0.2) is 0 Å². The quantitative estimate of drug-likeness (QED) is 0.640. The number of hydrogen-bond donors (Lipinski definition) is 3. The van der Waals surface area contributed by atoms with Gasteiger partial charge >= 0.3 is 0 Å². The van der Waals surface area contributed by atoms with E-state index in [1.165, 1.54) is 0 Å². The van der Waals surface area contributed by atoms with Crippen molar-refractivity contribution in [3.63, 3.8) is 0 Å². The van der Waals surface area contributed by atoms with Crippen LogP contribution in [0.1, 0.15) is 34.0 Å². The Morgan fingerprint density at radius 1 is 1.41 bits per heavy atom. The monoisotopic (exact) mass is 237 g/mol. The van der Waals surface area contributed by atoms with Crippen molar-refractivity contribution < 1.29 is 15.0 Å². The number of aliphatic hydroxyl groups excluding tert-OH is 2. The summed E-state index contributed by atoms with van der Waals surface area (Å²) in [7, 11) is 1.78. The highest BCUT2D eigenvalue weighted by atomic mass is 16.3. The van der Waals surface area contributed by atoms with Crippen LogP contribution in [0.2, 0.25) is 0 Å². The fourth-order valence-corrected chi connectivity index (χ4v) is 1.72. The predicted molar refractivity (Wildman–Crippen MR) is 66.1 cm³/mol. The SMILES string of the molecule is CNCCC(O)C(O)c1ccc(C)cc1C=O. The molecule has 0 heterocycles. The molecule has 0 aliphatic heterocycles. The number of hydrogen-bond acceptors (Lipinski definition) is 4. The third-order valence-corrected chi connectivity index (χ3v) is 2.74. The van der Waals surface area contributed by atoms with Crippen LogP contribution < -0.4 is 5.32 Å². The summed E-state index contributed by atoms with van der Waals surface area (Å²) in [5, 5.41) is 22.7. The second-order valence-corrected chi connectivity index (χ2v) is 4.15. The van der Waals surface area contributed by atoms with E-state index in [9.17, 15) is 15.0 Å². The van der Waals surface area contributed by atoms with E-state index >= 15 is 0 Å². The third kappa shape index (κ3) is 3.63. The van der Waals surface area contributed by atoms with Gasteiger partial charge in [0.25, 0.3) is 0 Å². The molecule has 1 aromatic rings. The summed E-state index contributed by atoms with van der Waals surface area (Å²) in [6.45, 7) is 2.49. The number of aryl methyl sites for hydroxylation is 1. The zero-order valence-corrected chi connectivity index (χ0v) is 10.2. The third-order valence-electron chi connectivity index (χ3n) is 2.74. The Morgan fingerprint density at radius 3 is 2.71 bits per heavy atom. The van der Waals surface area contributed by atoms with Gasteiger partial charge in [-0.05, 0) is 38.6 Å². The van der Waals surface area contributed by atoms with Gasteiger partial charge < -0.3 is 15.5 Å². The van der Waals surface area contributed by atoms with Crippen molar-refractivity contribution in [3.8, 4) is 0 Å². The standard InChI is InChI=1S/C13H19NO3/c1-9-3-4-11(10(7-9)8-15)13(17)12(16)5-6-14-2/h3-4,7-8,12-14,16-17H,5-6H2,1-2H3. The van der Waals surface area contributed by atoms with Gasteiger partial charge in [-0.1, -0.05) is 17.7 Å². The van der Waals surface area contributed by atoms with Gasteiger partial charge in [0, 0.05) is 5.56 Å². The minimum atomic E-state index is -1.02. The summed E-state index contributed by atoms with van der Waals surface area (Å²) in [6, 6.07) is 5.21. The minimum Gasteiger partial charge on any atom is -0.390 e. The molecule has 2 atom stereocenters. The van der Waals surface area contributed by atoms with Crippen LogP contribution in [-0.4, -0.2) is 36.2 Å². The van der Waals surface area contributed by atoms with Crippen LogP contribution in [0.15, 0.2) is 18.2 Å². The second kappa shape index (κ2) is 6.49. The first-order valence-electron chi connectivity index (χ1n) is 5.66. The molecule has 0 aliphatic carbocycles. The summed E-state index contributed by atoms with van der Waals surface area (Å²) in [5.41, 5.74) is 1.86. The molecule has 1 aromatic carbocycles. The van der Waals surface area contributed by atoms with E-state index in [-0.39, 0.29) is 0 Å². The van der Waals surface area contributed by atoms with Gasteiger partial charge in [-0.3, -0.25) is 4.79 Å². The second-order valence-electron chi connectivity index (χ2n) is 4.15. The van der Waals surface area contributed by atoms with Crippen LogP contribution >= 0.6 is 0 Å². The topological polar surface area (TPSA) is 69.6 Å². The number of aldehydes is 1. The number of carbonyl (C=O) groups is 1. The van der Waals surface area contributed by atoms with Crippen LogP contribution in [0.4, 0.5) is 0 Å². The summed E-state index contributed by atoms with van der Waals surface area (Å²) in [5.74, 6) is 0. The zero-order chi connectivity index (χ0) is 12.8. The molecule has 4 nitrogen and oxygen atoms in total. The van der Waals surface area contributed by atoms with Gasteiger partial charge in [-0.2, -0.15) is 0 Å². The maximum atomic E-state index is 10.9. The van der Waals surface area contributed by atoms with Crippen molar-refractivity contribution in [2.24, 2.45) is 0 Å². The number of benzene rings is 1. The van der Waals surface area contributed by atoms with E-state index in [0.29, 0.717) is 30.4 Å². The Balaban J connectivity index is 2.87. The Bertz CT molecular complexity index is 379. The maximum absolute atomic E-state index is 10.9. The molecule has 0 saturated carbocycles. The molecule has 0 aliphatic rings. The molecular formula is C13H19NO3. The Morgan fingerprint density at radius 2 is 2.12 bits per heavy atom. The van der Waals surface area contributed by atoms with Crippen molar-refractivity contribution in [1.29, 1.82) is 0 Å². The molecule has 1 rings (SSSR count). The summed E-state index contributed by atoms with van der Waals surface area (Å²) in [6.07, 6.45) is -0.756. The van der Waals surface area contributed by atoms with Crippen LogP contribution in [0.3, 0.4) is 0 Å². The fraction of sp³-hybridized carbons (Fsp3) is 0.462. The van der Waals surface area contributed by atoms with E-state index in [1.54, 1.807) is 19.2 Å². The van der Waals surface area contributed by atoms with E-state index in [4.69, 9.17) is 0 Å². The van der Waals surface area contributed by atoms with Crippen molar-refractivity contribution in [2.45, 2.75) is 25.6 Å². The molecule has 0 aromatic heterocycles. The highest BCUT2D eigenvalue weighted by Crippen LogP contribution is 2.22. The number of nitrogens with one attached hydrogen (secondary N) is 1. The van der Waals surface area contributed by atoms with Crippen molar-refractivity contribution >= 4 is 6.29 Å². The van der Waals surface area contributed by atoms with Crippen molar-refractivity contribution in [2.75, 3.05) is 13.6 Å². The van der Waals surface area contributed by atoms with Crippen molar-refractivity contribution in [1.82, 2.24) is 5.32 Å². The molecule has 4 heteroatoms. The summed E-state index contributed by atoms with van der Waals surface area (Å²) < 4.78 is 0. The summed E-state index contributed by atoms with van der Waals surface area (Å²) >= 11 is 0. The first kappa shape index (κ1) is 13.8. The largest absolute Gasteiger partial charge is 0.390 e. The van der Waals surface area contributed by atoms with Crippen LogP contribution in [0.5, 0.6) is 0 Å². The average Bonchev–Trinajstić information content (AvgIpc) is 2.34. The predicted octanol–water partition coefficient (Wildman–Crippen LogP) is 0.811.